The summed E-state index contributed by atoms with van der Waals surface area (Å²) in [4.78, 5) is 0. The molecule has 19 heavy (non-hydrogen) atoms. The number of hydrogen-bond donors (Lipinski definition) is 0. The second kappa shape index (κ2) is 8.64. The summed E-state index contributed by atoms with van der Waals surface area (Å²) in [6.07, 6.45) is 4.88. The van der Waals surface area contributed by atoms with Crippen LogP contribution in [-0.4, -0.2) is 8.07 Å². The van der Waals surface area contributed by atoms with Gasteiger partial charge in [0.15, 0.2) is 0 Å². The molecule has 0 spiro atoms. The van der Waals surface area contributed by atoms with Crippen molar-refractivity contribution in [3.05, 3.63) is 12.2 Å². The van der Waals surface area contributed by atoms with Crippen LogP contribution < -0.4 is 0 Å². The molecule has 1 heteroatoms. The highest BCUT2D eigenvalue weighted by Crippen LogP contribution is 2.40. The van der Waals surface area contributed by atoms with Crippen molar-refractivity contribution in [2.24, 2.45) is 0 Å². The van der Waals surface area contributed by atoms with E-state index < -0.39 is 8.07 Å². The molecule has 0 aliphatic rings. The highest BCUT2D eigenvalue weighted by atomic mass is 28.3. The van der Waals surface area contributed by atoms with Crippen molar-refractivity contribution in [2.75, 3.05) is 0 Å². The molecule has 0 fully saturated rings. The van der Waals surface area contributed by atoms with E-state index in [1.807, 2.05) is 0 Å². The van der Waals surface area contributed by atoms with Crippen molar-refractivity contribution in [1.29, 1.82) is 0 Å². The molecular formula is C18H34Si. The Balaban J connectivity index is 4.99. The summed E-state index contributed by atoms with van der Waals surface area (Å²) in [6, 6.07) is 0. The fraction of sp³-hybridized carbons (Fsp3) is 0.778. The van der Waals surface area contributed by atoms with Gasteiger partial charge in [-0.15, -0.1) is 5.54 Å². The molecule has 0 N–H and O–H groups in total. The first-order valence-corrected chi connectivity index (χ1v) is 10.2. The zero-order valence-electron chi connectivity index (χ0n) is 14.3. The summed E-state index contributed by atoms with van der Waals surface area (Å²) in [6.45, 7) is 20.6. The highest BCUT2D eigenvalue weighted by Gasteiger charge is 2.41. The third-order valence-electron chi connectivity index (χ3n) is 4.40. The number of allylic oxidation sites excluding steroid dienone is 1. The van der Waals surface area contributed by atoms with Crippen LogP contribution in [0.4, 0.5) is 0 Å². The van der Waals surface area contributed by atoms with Gasteiger partial charge in [-0.25, -0.2) is 0 Å². The summed E-state index contributed by atoms with van der Waals surface area (Å²) >= 11 is 0. The second-order valence-corrected chi connectivity index (χ2v) is 12.3. The smallest absolute Gasteiger partial charge is 0.125 e. The third-order valence-corrected chi connectivity index (χ3v) is 10.7. The number of rotatable bonds is 7. The SMILES string of the molecule is C=C(C#C[Si](C(C)C)(C(C)C)C(C)C)CCCCC. The lowest BCUT2D eigenvalue weighted by Gasteiger charge is -2.38. The van der Waals surface area contributed by atoms with Crippen LogP contribution in [0.5, 0.6) is 0 Å². The fourth-order valence-electron chi connectivity index (χ4n) is 3.28. The lowest BCUT2D eigenvalue weighted by Crippen LogP contribution is -2.43. The molecule has 0 bridgehead atoms. The zero-order valence-corrected chi connectivity index (χ0v) is 15.3. The lowest BCUT2D eigenvalue weighted by molar-refractivity contribution is 0.722. The Morgan fingerprint density at radius 3 is 1.79 bits per heavy atom. The van der Waals surface area contributed by atoms with Crippen LogP contribution in [0.2, 0.25) is 16.6 Å². The standard InChI is InChI=1S/C18H34Si/c1-9-10-11-12-18(8)13-14-19(15(2)3,16(4)5)17(6)7/h15-17H,8-12H2,1-7H3. The molecule has 0 nitrogen and oxygen atoms in total. The van der Waals surface area contributed by atoms with Gasteiger partial charge in [0.25, 0.3) is 0 Å². The van der Waals surface area contributed by atoms with Gasteiger partial charge < -0.3 is 0 Å². The molecule has 0 rings (SSSR count). The number of unbranched alkanes of at least 4 members (excludes halogenated alkanes) is 2. The van der Waals surface area contributed by atoms with Crippen LogP contribution in [-0.2, 0) is 0 Å². The lowest BCUT2D eigenvalue weighted by atomic mass is 10.1. The van der Waals surface area contributed by atoms with Crippen LogP contribution in [0.15, 0.2) is 12.2 Å². The van der Waals surface area contributed by atoms with Gasteiger partial charge in [0.2, 0.25) is 0 Å². The zero-order chi connectivity index (χ0) is 15.1. The molecule has 0 saturated heterocycles. The minimum Gasteiger partial charge on any atom is -0.125 e. The Morgan fingerprint density at radius 2 is 1.42 bits per heavy atom. The first kappa shape index (κ1) is 18.5. The summed E-state index contributed by atoms with van der Waals surface area (Å²) < 4.78 is 0. The maximum atomic E-state index is 4.16. The van der Waals surface area contributed by atoms with Crippen molar-refractivity contribution < 1.29 is 0 Å². The van der Waals surface area contributed by atoms with Gasteiger partial charge in [-0.2, -0.15) is 0 Å². The maximum absolute atomic E-state index is 4.16. The highest BCUT2D eigenvalue weighted by molar-refractivity contribution is 6.90. The van der Waals surface area contributed by atoms with E-state index in [-0.39, 0.29) is 0 Å². The average molecular weight is 279 g/mol. The normalized spacial score (nSPS) is 11.9. The third kappa shape index (κ3) is 5.19. The Hall–Kier alpha value is -0.483. The van der Waals surface area contributed by atoms with Gasteiger partial charge in [0.05, 0.1) is 0 Å². The van der Waals surface area contributed by atoms with E-state index in [0.717, 1.165) is 12.0 Å². The van der Waals surface area contributed by atoms with E-state index in [2.05, 4.69) is 66.5 Å². The maximum Gasteiger partial charge on any atom is 0.146 e. The molecule has 0 saturated carbocycles. The van der Waals surface area contributed by atoms with Crippen LogP contribution >= 0.6 is 0 Å². The minimum absolute atomic E-state index is 0.712. The topological polar surface area (TPSA) is 0 Å². The van der Waals surface area contributed by atoms with Gasteiger partial charge in [-0.3, -0.25) is 0 Å². The Morgan fingerprint density at radius 1 is 0.947 bits per heavy atom. The number of hydrogen-bond acceptors (Lipinski definition) is 0. The predicted octanol–water partition coefficient (Wildman–Crippen LogP) is 6.34. The molecule has 0 aromatic heterocycles. The van der Waals surface area contributed by atoms with Crippen LogP contribution in [0.25, 0.3) is 0 Å². The molecule has 0 aromatic carbocycles. The summed E-state index contributed by atoms with van der Waals surface area (Å²) in [5.41, 5.74) is 7.03. The van der Waals surface area contributed by atoms with Crippen LogP contribution in [0.1, 0.15) is 74.1 Å². The summed E-state index contributed by atoms with van der Waals surface area (Å²) in [5.74, 6) is 3.44. The largest absolute Gasteiger partial charge is 0.146 e. The van der Waals surface area contributed by atoms with Crippen molar-refractivity contribution in [2.45, 2.75) is 90.8 Å². The molecule has 0 heterocycles. The van der Waals surface area contributed by atoms with E-state index in [1.54, 1.807) is 0 Å². The van der Waals surface area contributed by atoms with Gasteiger partial charge in [0.1, 0.15) is 8.07 Å². The van der Waals surface area contributed by atoms with Gasteiger partial charge >= 0.3 is 0 Å². The molecule has 0 aliphatic heterocycles. The summed E-state index contributed by atoms with van der Waals surface area (Å²) in [5, 5.41) is 0. The van der Waals surface area contributed by atoms with Gasteiger partial charge in [-0.1, -0.05) is 73.8 Å². The van der Waals surface area contributed by atoms with E-state index >= 15 is 0 Å². The van der Waals surface area contributed by atoms with Crippen molar-refractivity contribution in [3.8, 4) is 11.5 Å². The molecule has 0 atom stereocenters. The quantitative estimate of drug-likeness (QED) is 0.289. The predicted molar refractivity (Wildman–Crippen MR) is 92.1 cm³/mol. The molecule has 0 radical (unpaired) electrons. The van der Waals surface area contributed by atoms with E-state index in [0.29, 0.717) is 16.6 Å². The minimum atomic E-state index is -1.56. The fourth-order valence-corrected chi connectivity index (χ4v) is 8.54. The van der Waals surface area contributed by atoms with E-state index in [9.17, 15) is 0 Å². The Kier molecular flexibility index (Phi) is 8.42. The molecule has 0 aromatic rings. The molecular weight excluding hydrogens is 244 g/mol. The van der Waals surface area contributed by atoms with Gasteiger partial charge in [-0.05, 0) is 35.0 Å². The second-order valence-electron chi connectivity index (χ2n) is 6.71. The van der Waals surface area contributed by atoms with Crippen LogP contribution in [0, 0.1) is 11.5 Å². The van der Waals surface area contributed by atoms with Crippen LogP contribution in [0.3, 0.4) is 0 Å². The van der Waals surface area contributed by atoms with Crippen molar-refractivity contribution >= 4 is 8.07 Å². The molecule has 0 amide bonds. The van der Waals surface area contributed by atoms with E-state index in [1.165, 1.54) is 19.3 Å². The monoisotopic (exact) mass is 278 g/mol. The molecule has 0 unspecified atom stereocenters. The van der Waals surface area contributed by atoms with E-state index in [4.69, 9.17) is 0 Å². The first-order chi connectivity index (χ1) is 8.78. The first-order valence-electron chi connectivity index (χ1n) is 7.99. The molecule has 110 valence electrons. The van der Waals surface area contributed by atoms with Gasteiger partial charge in [0, 0.05) is 0 Å². The van der Waals surface area contributed by atoms with Crippen molar-refractivity contribution in [1.82, 2.24) is 0 Å². The Bertz CT molecular complexity index is 304. The molecule has 0 aliphatic carbocycles. The summed E-state index contributed by atoms with van der Waals surface area (Å²) in [7, 11) is -1.56. The Labute approximate surface area is 123 Å². The average Bonchev–Trinajstić information content (AvgIpc) is 2.28. The van der Waals surface area contributed by atoms with Crippen molar-refractivity contribution in [3.63, 3.8) is 0 Å².